The van der Waals surface area contributed by atoms with Crippen molar-refractivity contribution < 1.29 is 4.74 Å². The van der Waals surface area contributed by atoms with Gasteiger partial charge in [0, 0.05) is 12.1 Å². The summed E-state index contributed by atoms with van der Waals surface area (Å²) in [7, 11) is 0. The van der Waals surface area contributed by atoms with Crippen molar-refractivity contribution in [3.63, 3.8) is 0 Å². The molecule has 0 aromatic carbocycles. The van der Waals surface area contributed by atoms with Crippen LogP contribution in [0, 0.1) is 5.92 Å². The highest BCUT2D eigenvalue weighted by atomic mass is 16.5. The first-order valence-corrected chi connectivity index (χ1v) is 7.04. The van der Waals surface area contributed by atoms with Crippen LogP contribution in [0.5, 0.6) is 5.88 Å². The number of ether oxygens (including phenoxy) is 1. The molecule has 0 radical (unpaired) electrons. The Morgan fingerprint density at radius 3 is 3.06 bits per heavy atom. The standard InChI is InChI=1S/C14H21N3O/c1-10-6-7-15-8-13(10)18-14-11-4-2-3-5-12(11)16-9-17-14/h9-10,13,15H,2-8H2,1H3. The Morgan fingerprint density at radius 2 is 2.17 bits per heavy atom. The lowest BCUT2D eigenvalue weighted by Crippen LogP contribution is -2.43. The topological polar surface area (TPSA) is 47.0 Å². The van der Waals surface area contributed by atoms with Gasteiger partial charge in [0.15, 0.2) is 0 Å². The Bertz CT molecular complexity index is 422. The molecule has 2 aliphatic rings. The second kappa shape index (κ2) is 5.22. The van der Waals surface area contributed by atoms with E-state index in [4.69, 9.17) is 4.74 Å². The van der Waals surface area contributed by atoms with E-state index in [2.05, 4.69) is 22.2 Å². The summed E-state index contributed by atoms with van der Waals surface area (Å²) in [6.07, 6.45) is 7.70. The average molecular weight is 247 g/mol. The zero-order valence-corrected chi connectivity index (χ0v) is 11.0. The van der Waals surface area contributed by atoms with Crippen molar-refractivity contribution >= 4 is 0 Å². The number of hydrogen-bond acceptors (Lipinski definition) is 4. The summed E-state index contributed by atoms with van der Waals surface area (Å²) in [4.78, 5) is 8.74. The molecule has 0 bridgehead atoms. The molecule has 98 valence electrons. The zero-order valence-electron chi connectivity index (χ0n) is 11.0. The van der Waals surface area contributed by atoms with Gasteiger partial charge in [-0.25, -0.2) is 9.97 Å². The normalized spacial score (nSPS) is 27.6. The van der Waals surface area contributed by atoms with E-state index in [9.17, 15) is 0 Å². The van der Waals surface area contributed by atoms with Gasteiger partial charge >= 0.3 is 0 Å². The summed E-state index contributed by atoms with van der Waals surface area (Å²) in [5, 5.41) is 3.40. The van der Waals surface area contributed by atoms with Crippen molar-refractivity contribution in [2.24, 2.45) is 5.92 Å². The maximum Gasteiger partial charge on any atom is 0.220 e. The van der Waals surface area contributed by atoms with Gasteiger partial charge in [0.1, 0.15) is 12.4 Å². The monoisotopic (exact) mass is 247 g/mol. The van der Waals surface area contributed by atoms with E-state index in [0.29, 0.717) is 5.92 Å². The molecule has 1 fully saturated rings. The van der Waals surface area contributed by atoms with Gasteiger partial charge in [-0.3, -0.25) is 0 Å². The number of nitrogens with zero attached hydrogens (tertiary/aromatic N) is 2. The molecule has 1 saturated heterocycles. The Kier molecular flexibility index (Phi) is 3.46. The van der Waals surface area contributed by atoms with Crippen LogP contribution in [0.15, 0.2) is 6.33 Å². The maximum absolute atomic E-state index is 6.15. The Balaban J connectivity index is 1.79. The minimum atomic E-state index is 0.250. The lowest BCUT2D eigenvalue weighted by atomic mass is 9.95. The van der Waals surface area contributed by atoms with Crippen molar-refractivity contribution in [2.75, 3.05) is 13.1 Å². The molecule has 2 atom stereocenters. The van der Waals surface area contributed by atoms with E-state index in [1.807, 2.05) is 0 Å². The lowest BCUT2D eigenvalue weighted by Gasteiger charge is -2.30. The van der Waals surface area contributed by atoms with Crippen LogP contribution in [0.4, 0.5) is 0 Å². The summed E-state index contributed by atoms with van der Waals surface area (Å²) in [6, 6.07) is 0. The van der Waals surface area contributed by atoms with Crippen molar-refractivity contribution in [1.29, 1.82) is 0 Å². The lowest BCUT2D eigenvalue weighted by molar-refractivity contribution is 0.108. The first kappa shape index (κ1) is 11.9. The summed E-state index contributed by atoms with van der Waals surface area (Å²) < 4.78 is 6.15. The Hall–Kier alpha value is -1.16. The minimum absolute atomic E-state index is 0.250. The number of aromatic nitrogens is 2. The molecule has 2 unspecified atom stereocenters. The molecule has 18 heavy (non-hydrogen) atoms. The number of nitrogens with one attached hydrogen (secondary N) is 1. The van der Waals surface area contributed by atoms with Crippen LogP contribution in [0.3, 0.4) is 0 Å². The quantitative estimate of drug-likeness (QED) is 0.864. The largest absolute Gasteiger partial charge is 0.472 e. The predicted molar refractivity (Wildman–Crippen MR) is 69.7 cm³/mol. The average Bonchev–Trinajstić information content (AvgIpc) is 2.42. The maximum atomic E-state index is 6.15. The van der Waals surface area contributed by atoms with Crippen molar-refractivity contribution in [3.8, 4) is 5.88 Å². The zero-order chi connectivity index (χ0) is 12.4. The van der Waals surface area contributed by atoms with E-state index in [1.165, 1.54) is 30.5 Å². The van der Waals surface area contributed by atoms with E-state index in [-0.39, 0.29) is 6.10 Å². The molecular formula is C14H21N3O. The molecule has 1 aliphatic carbocycles. The van der Waals surface area contributed by atoms with Gasteiger partial charge < -0.3 is 10.1 Å². The van der Waals surface area contributed by atoms with Crippen LogP contribution in [-0.4, -0.2) is 29.2 Å². The van der Waals surface area contributed by atoms with Gasteiger partial charge in [-0.15, -0.1) is 0 Å². The molecule has 1 aromatic heterocycles. The van der Waals surface area contributed by atoms with Crippen molar-refractivity contribution in [2.45, 2.75) is 45.1 Å². The smallest absolute Gasteiger partial charge is 0.220 e. The number of hydrogen-bond donors (Lipinski definition) is 1. The first-order valence-electron chi connectivity index (χ1n) is 7.04. The molecule has 1 aliphatic heterocycles. The molecule has 4 nitrogen and oxygen atoms in total. The van der Waals surface area contributed by atoms with Gasteiger partial charge in [-0.2, -0.15) is 0 Å². The summed E-state index contributed by atoms with van der Waals surface area (Å²) >= 11 is 0. The fraction of sp³-hybridized carbons (Fsp3) is 0.714. The van der Waals surface area contributed by atoms with Gasteiger partial charge in [0.25, 0.3) is 0 Å². The van der Waals surface area contributed by atoms with Crippen LogP contribution in [0.25, 0.3) is 0 Å². The van der Waals surface area contributed by atoms with Gasteiger partial charge in [-0.05, 0) is 44.6 Å². The molecule has 1 aromatic rings. The highest BCUT2D eigenvalue weighted by molar-refractivity contribution is 5.31. The fourth-order valence-corrected chi connectivity index (χ4v) is 2.86. The number of piperidine rings is 1. The van der Waals surface area contributed by atoms with Gasteiger partial charge in [0.05, 0.1) is 5.69 Å². The summed E-state index contributed by atoms with van der Waals surface area (Å²) in [5.41, 5.74) is 2.45. The Labute approximate surface area is 108 Å². The predicted octanol–water partition coefficient (Wildman–Crippen LogP) is 1.73. The van der Waals surface area contributed by atoms with Crippen LogP contribution in [-0.2, 0) is 12.8 Å². The van der Waals surface area contributed by atoms with Crippen molar-refractivity contribution in [3.05, 3.63) is 17.6 Å². The minimum Gasteiger partial charge on any atom is -0.472 e. The first-order chi connectivity index (χ1) is 8.84. The van der Waals surface area contributed by atoms with E-state index in [0.717, 1.165) is 31.8 Å². The van der Waals surface area contributed by atoms with Crippen molar-refractivity contribution in [1.82, 2.24) is 15.3 Å². The van der Waals surface area contributed by atoms with E-state index in [1.54, 1.807) is 6.33 Å². The molecule has 1 N–H and O–H groups in total. The molecule has 0 amide bonds. The molecule has 3 rings (SSSR count). The molecular weight excluding hydrogens is 226 g/mol. The third-order valence-electron chi connectivity index (χ3n) is 4.11. The third-order valence-corrected chi connectivity index (χ3v) is 4.11. The van der Waals surface area contributed by atoms with E-state index < -0.39 is 0 Å². The summed E-state index contributed by atoms with van der Waals surface area (Å²) in [6.45, 7) is 4.29. The van der Waals surface area contributed by atoms with Crippen LogP contribution >= 0.6 is 0 Å². The highest BCUT2D eigenvalue weighted by Gasteiger charge is 2.25. The van der Waals surface area contributed by atoms with Crippen LogP contribution in [0.1, 0.15) is 37.4 Å². The van der Waals surface area contributed by atoms with Gasteiger partial charge in [-0.1, -0.05) is 6.92 Å². The molecule has 0 spiro atoms. The van der Waals surface area contributed by atoms with Gasteiger partial charge in [0.2, 0.25) is 5.88 Å². The molecule has 4 heteroatoms. The second-order valence-corrected chi connectivity index (χ2v) is 5.44. The SMILES string of the molecule is CC1CCNCC1Oc1ncnc2c1CCCC2. The fourth-order valence-electron chi connectivity index (χ4n) is 2.86. The number of fused-ring (bicyclic) bond motifs is 1. The molecule has 2 heterocycles. The number of rotatable bonds is 2. The number of aryl methyl sites for hydroxylation is 1. The third kappa shape index (κ3) is 2.34. The van der Waals surface area contributed by atoms with E-state index >= 15 is 0 Å². The van der Waals surface area contributed by atoms with Crippen LogP contribution in [0.2, 0.25) is 0 Å². The Morgan fingerprint density at radius 1 is 1.28 bits per heavy atom. The molecule has 0 saturated carbocycles. The summed E-state index contributed by atoms with van der Waals surface area (Å²) in [5.74, 6) is 1.43. The second-order valence-electron chi connectivity index (χ2n) is 5.44. The van der Waals surface area contributed by atoms with Crippen LogP contribution < -0.4 is 10.1 Å². The highest BCUT2D eigenvalue weighted by Crippen LogP contribution is 2.28.